The van der Waals surface area contributed by atoms with Gasteiger partial charge in [-0.1, -0.05) is 18.9 Å². The average molecular weight is 236 g/mol. The summed E-state index contributed by atoms with van der Waals surface area (Å²) in [4.78, 5) is 14.8. The van der Waals surface area contributed by atoms with Crippen LogP contribution in [0.15, 0.2) is 18.2 Å². The third-order valence-electron chi connectivity index (χ3n) is 3.22. The molecule has 5 heteroatoms. The van der Waals surface area contributed by atoms with Gasteiger partial charge < -0.3 is 15.5 Å². The molecular formula is C12H16N2O3. The van der Waals surface area contributed by atoms with Gasteiger partial charge in [0.1, 0.15) is 5.82 Å². The third kappa shape index (κ3) is 2.55. The van der Waals surface area contributed by atoms with Gasteiger partial charge in [-0.15, -0.1) is 0 Å². The first-order chi connectivity index (χ1) is 8.15. The number of rotatable bonds is 4. The van der Waals surface area contributed by atoms with E-state index in [0.29, 0.717) is 5.82 Å². The van der Waals surface area contributed by atoms with Crippen LogP contribution in [-0.4, -0.2) is 33.3 Å². The van der Waals surface area contributed by atoms with E-state index in [2.05, 4.69) is 10.3 Å². The van der Waals surface area contributed by atoms with Crippen molar-refractivity contribution >= 4 is 11.8 Å². The number of aliphatic hydroxyl groups is 1. The lowest BCUT2D eigenvalue weighted by Crippen LogP contribution is -2.39. The quantitative estimate of drug-likeness (QED) is 0.738. The lowest BCUT2D eigenvalue weighted by atomic mass is 9.99. The van der Waals surface area contributed by atoms with Crippen LogP contribution >= 0.6 is 0 Å². The van der Waals surface area contributed by atoms with Crippen molar-refractivity contribution in [2.75, 3.05) is 11.9 Å². The molecule has 1 saturated carbocycles. The zero-order valence-corrected chi connectivity index (χ0v) is 9.52. The van der Waals surface area contributed by atoms with Crippen molar-refractivity contribution in [1.82, 2.24) is 4.98 Å². The number of hydrogen-bond donors (Lipinski definition) is 3. The van der Waals surface area contributed by atoms with Crippen LogP contribution in [0.1, 0.15) is 36.2 Å². The second-order valence-corrected chi connectivity index (χ2v) is 4.48. The number of pyridine rings is 1. The molecule has 0 radical (unpaired) electrons. The Labute approximate surface area is 99.5 Å². The number of carbonyl (C=O) groups is 1. The number of anilines is 1. The van der Waals surface area contributed by atoms with Gasteiger partial charge in [0.15, 0.2) is 5.69 Å². The molecule has 1 heterocycles. The van der Waals surface area contributed by atoms with Crippen molar-refractivity contribution in [1.29, 1.82) is 0 Å². The number of aromatic nitrogens is 1. The predicted molar refractivity (Wildman–Crippen MR) is 63.1 cm³/mol. The van der Waals surface area contributed by atoms with Crippen molar-refractivity contribution in [2.24, 2.45) is 0 Å². The molecule has 3 N–H and O–H groups in total. The molecule has 0 atom stereocenters. The van der Waals surface area contributed by atoms with E-state index in [1.165, 1.54) is 6.07 Å². The third-order valence-corrected chi connectivity index (χ3v) is 3.22. The van der Waals surface area contributed by atoms with Crippen molar-refractivity contribution in [3.05, 3.63) is 23.9 Å². The molecule has 0 saturated heterocycles. The van der Waals surface area contributed by atoms with Gasteiger partial charge in [0.2, 0.25) is 0 Å². The molecule has 0 amide bonds. The number of hydrogen-bond acceptors (Lipinski definition) is 4. The normalized spacial score (nSPS) is 17.9. The van der Waals surface area contributed by atoms with Crippen LogP contribution in [-0.2, 0) is 0 Å². The van der Waals surface area contributed by atoms with E-state index in [4.69, 9.17) is 5.11 Å². The van der Waals surface area contributed by atoms with Gasteiger partial charge >= 0.3 is 5.97 Å². The van der Waals surface area contributed by atoms with Crippen LogP contribution in [0.5, 0.6) is 0 Å². The van der Waals surface area contributed by atoms with Crippen molar-refractivity contribution in [2.45, 2.75) is 31.2 Å². The Hall–Kier alpha value is -1.62. The molecule has 1 aromatic rings. The van der Waals surface area contributed by atoms with E-state index in [-0.39, 0.29) is 17.8 Å². The van der Waals surface area contributed by atoms with Gasteiger partial charge in [-0.2, -0.15) is 0 Å². The van der Waals surface area contributed by atoms with Crippen molar-refractivity contribution in [3.63, 3.8) is 0 Å². The van der Waals surface area contributed by atoms with Gasteiger partial charge in [0.05, 0.1) is 12.1 Å². The maximum atomic E-state index is 10.8. The highest BCUT2D eigenvalue weighted by Gasteiger charge is 2.33. The smallest absolute Gasteiger partial charge is 0.354 e. The van der Waals surface area contributed by atoms with Crippen LogP contribution in [0.4, 0.5) is 5.82 Å². The molecule has 0 bridgehead atoms. The highest BCUT2D eigenvalue weighted by atomic mass is 16.4. The Morgan fingerprint density at radius 3 is 2.71 bits per heavy atom. The minimum absolute atomic E-state index is 0.0149. The van der Waals surface area contributed by atoms with Crippen molar-refractivity contribution in [3.8, 4) is 0 Å². The Bertz CT molecular complexity index is 414. The van der Waals surface area contributed by atoms with Crippen LogP contribution in [0, 0.1) is 0 Å². The molecule has 2 rings (SSSR count). The predicted octanol–water partition coefficient (Wildman–Crippen LogP) is 1.50. The maximum absolute atomic E-state index is 10.8. The minimum Gasteiger partial charge on any atom is -0.477 e. The van der Waals surface area contributed by atoms with E-state index in [0.717, 1.165) is 25.7 Å². The Morgan fingerprint density at radius 1 is 1.41 bits per heavy atom. The first-order valence-corrected chi connectivity index (χ1v) is 5.75. The van der Waals surface area contributed by atoms with Gasteiger partial charge in [-0.25, -0.2) is 9.78 Å². The van der Waals surface area contributed by atoms with Crippen molar-refractivity contribution < 1.29 is 15.0 Å². The highest BCUT2D eigenvalue weighted by Crippen LogP contribution is 2.32. The molecule has 0 spiro atoms. The first kappa shape index (κ1) is 11.9. The molecule has 0 aromatic carbocycles. The molecule has 1 aliphatic carbocycles. The SMILES string of the molecule is O=C(O)c1cccc(NC2(CO)CCCC2)n1. The van der Waals surface area contributed by atoms with Crippen LogP contribution in [0.25, 0.3) is 0 Å². The minimum atomic E-state index is -1.04. The maximum Gasteiger partial charge on any atom is 0.354 e. The summed E-state index contributed by atoms with van der Waals surface area (Å²) in [5.41, 5.74) is -0.314. The molecule has 1 fully saturated rings. The number of carboxylic acids is 1. The van der Waals surface area contributed by atoms with Gasteiger partial charge in [-0.3, -0.25) is 0 Å². The molecular weight excluding hydrogens is 220 g/mol. The second-order valence-electron chi connectivity index (χ2n) is 4.48. The lowest BCUT2D eigenvalue weighted by molar-refractivity contribution is 0.0690. The fourth-order valence-corrected chi connectivity index (χ4v) is 2.27. The summed E-state index contributed by atoms with van der Waals surface area (Å²) in [6.07, 6.45) is 3.93. The Kier molecular flexibility index (Phi) is 3.28. The average Bonchev–Trinajstić information content (AvgIpc) is 2.78. The van der Waals surface area contributed by atoms with Gasteiger partial charge in [-0.05, 0) is 25.0 Å². The summed E-state index contributed by atoms with van der Waals surface area (Å²) in [6.45, 7) is 0.0476. The van der Waals surface area contributed by atoms with Crippen LogP contribution in [0.2, 0.25) is 0 Å². The molecule has 17 heavy (non-hydrogen) atoms. The fourth-order valence-electron chi connectivity index (χ4n) is 2.27. The molecule has 92 valence electrons. The first-order valence-electron chi connectivity index (χ1n) is 5.75. The van der Waals surface area contributed by atoms with E-state index in [1.807, 2.05) is 0 Å². The standard InChI is InChI=1S/C12H16N2O3/c15-8-12(6-1-2-7-12)14-10-5-3-4-9(13-10)11(16)17/h3-5,15H,1-2,6-8H2,(H,13,14)(H,16,17). The van der Waals surface area contributed by atoms with Crippen LogP contribution < -0.4 is 5.32 Å². The van der Waals surface area contributed by atoms with Gasteiger partial charge in [0, 0.05) is 0 Å². The van der Waals surface area contributed by atoms with Crippen LogP contribution in [0.3, 0.4) is 0 Å². The largest absolute Gasteiger partial charge is 0.477 e. The molecule has 1 aliphatic rings. The van der Waals surface area contributed by atoms with Gasteiger partial charge in [0.25, 0.3) is 0 Å². The molecule has 5 nitrogen and oxygen atoms in total. The topological polar surface area (TPSA) is 82.5 Å². The summed E-state index contributed by atoms with van der Waals surface area (Å²) >= 11 is 0. The van der Waals surface area contributed by atoms with E-state index in [9.17, 15) is 9.90 Å². The zero-order chi connectivity index (χ0) is 12.3. The zero-order valence-electron chi connectivity index (χ0n) is 9.52. The van der Waals surface area contributed by atoms with E-state index < -0.39 is 5.97 Å². The molecule has 0 unspecified atom stereocenters. The number of nitrogens with one attached hydrogen (secondary N) is 1. The monoisotopic (exact) mass is 236 g/mol. The van der Waals surface area contributed by atoms with E-state index >= 15 is 0 Å². The summed E-state index contributed by atoms with van der Waals surface area (Å²) in [6, 6.07) is 4.83. The Balaban J connectivity index is 2.17. The lowest BCUT2D eigenvalue weighted by Gasteiger charge is -2.28. The molecule has 0 aliphatic heterocycles. The highest BCUT2D eigenvalue weighted by molar-refractivity contribution is 5.85. The summed E-state index contributed by atoms with van der Waals surface area (Å²) in [5.74, 6) is -0.529. The van der Waals surface area contributed by atoms with E-state index in [1.54, 1.807) is 12.1 Å². The number of carboxylic acid groups (broad SMARTS) is 1. The number of aromatic carboxylic acids is 1. The second kappa shape index (κ2) is 4.71. The Morgan fingerprint density at radius 2 is 2.12 bits per heavy atom. The number of aliphatic hydroxyl groups excluding tert-OH is 1. The summed E-state index contributed by atoms with van der Waals surface area (Å²) < 4.78 is 0. The number of nitrogens with zero attached hydrogens (tertiary/aromatic N) is 1. The molecule has 1 aromatic heterocycles. The summed E-state index contributed by atoms with van der Waals surface area (Å²) in [5, 5.41) is 21.5. The fraction of sp³-hybridized carbons (Fsp3) is 0.500. The summed E-state index contributed by atoms with van der Waals surface area (Å²) in [7, 11) is 0.